The van der Waals surface area contributed by atoms with Gasteiger partial charge in [-0.05, 0) is 29.5 Å². The minimum atomic E-state index is -4.91. The Morgan fingerprint density at radius 2 is 2.10 bits per heavy atom. The molecule has 0 unspecified atom stereocenters. The Labute approximate surface area is 126 Å². The van der Waals surface area contributed by atoms with Gasteiger partial charge in [0, 0.05) is 6.07 Å². The highest BCUT2D eigenvalue weighted by molar-refractivity contribution is 14.1. The quantitative estimate of drug-likeness (QED) is 0.429. The highest BCUT2D eigenvalue weighted by Gasteiger charge is 2.34. The Kier molecular flexibility index (Phi) is 5.84. The first-order chi connectivity index (χ1) is 9.26. The number of rotatable bonds is 5. The lowest BCUT2D eigenvalue weighted by Gasteiger charge is -2.15. The van der Waals surface area contributed by atoms with Gasteiger partial charge in [0.05, 0.1) is 25.7 Å². The summed E-state index contributed by atoms with van der Waals surface area (Å²) in [4.78, 5) is 15.1. The van der Waals surface area contributed by atoms with Crippen molar-refractivity contribution in [2.45, 2.75) is 19.7 Å². The summed E-state index contributed by atoms with van der Waals surface area (Å²) in [7, 11) is 1.28. The highest BCUT2D eigenvalue weighted by Crippen LogP contribution is 2.32. The lowest BCUT2D eigenvalue weighted by Crippen LogP contribution is -2.20. The smallest absolute Gasteiger partial charge is 0.496 e. The molecule has 0 saturated carbocycles. The molecule has 5 nitrogen and oxygen atoms in total. The molecule has 1 aromatic rings. The first-order valence-corrected chi connectivity index (χ1v) is 6.49. The fourth-order valence-corrected chi connectivity index (χ4v) is 1.89. The predicted molar refractivity (Wildman–Crippen MR) is 70.5 cm³/mol. The first-order valence-electron chi connectivity index (χ1n) is 5.41. The van der Waals surface area contributed by atoms with E-state index in [9.17, 15) is 18.0 Å². The number of hydrogen-bond donors (Lipinski definition) is 0. The molecule has 0 bridgehead atoms. The van der Waals surface area contributed by atoms with Gasteiger partial charge in [0.25, 0.3) is 0 Å². The van der Waals surface area contributed by atoms with Crippen molar-refractivity contribution in [3.05, 3.63) is 15.3 Å². The number of alkyl halides is 3. The third-order valence-corrected chi connectivity index (χ3v) is 2.63. The van der Waals surface area contributed by atoms with Crippen LogP contribution in [0.1, 0.15) is 12.5 Å². The molecule has 0 spiro atoms. The van der Waals surface area contributed by atoms with E-state index < -0.39 is 24.6 Å². The number of halogens is 4. The molecule has 0 saturated heterocycles. The number of carbonyl (C=O) groups excluding carboxylic acids is 1. The third kappa shape index (κ3) is 5.02. The van der Waals surface area contributed by atoms with Gasteiger partial charge in [0.15, 0.2) is 0 Å². The number of pyridine rings is 1. The van der Waals surface area contributed by atoms with E-state index in [-0.39, 0.29) is 21.6 Å². The largest absolute Gasteiger partial charge is 0.574 e. The van der Waals surface area contributed by atoms with Crippen molar-refractivity contribution in [3.8, 4) is 11.6 Å². The molecule has 0 aromatic carbocycles. The Balaban J connectivity index is 3.18. The van der Waals surface area contributed by atoms with Crippen molar-refractivity contribution < 1.29 is 32.2 Å². The van der Waals surface area contributed by atoms with E-state index in [1.54, 1.807) is 29.5 Å². The van der Waals surface area contributed by atoms with E-state index in [1.807, 2.05) is 0 Å². The van der Waals surface area contributed by atoms with Crippen molar-refractivity contribution in [1.82, 2.24) is 4.98 Å². The summed E-state index contributed by atoms with van der Waals surface area (Å²) in [6.07, 6.45) is -5.34. The van der Waals surface area contributed by atoms with Crippen LogP contribution in [-0.4, -0.2) is 31.0 Å². The number of ether oxygens (including phenoxy) is 3. The van der Waals surface area contributed by atoms with Crippen molar-refractivity contribution in [3.63, 3.8) is 0 Å². The van der Waals surface area contributed by atoms with Crippen LogP contribution in [0, 0.1) is 3.70 Å². The standard InChI is InChI=1S/C11H11F3INO4/c1-3-19-9(17)4-6-7(18-2)5-8(15)16-10(6)20-11(12,13)14/h5H,3-4H2,1-2H3. The molecule has 0 atom stereocenters. The second-order valence-corrected chi connectivity index (χ2v) is 4.57. The van der Waals surface area contributed by atoms with Crippen LogP contribution in [0.25, 0.3) is 0 Å². The molecule has 0 fully saturated rings. The van der Waals surface area contributed by atoms with Gasteiger partial charge in [-0.2, -0.15) is 0 Å². The second-order valence-electron chi connectivity index (χ2n) is 3.46. The van der Waals surface area contributed by atoms with Crippen LogP contribution < -0.4 is 9.47 Å². The van der Waals surface area contributed by atoms with Crippen LogP contribution >= 0.6 is 22.6 Å². The van der Waals surface area contributed by atoms with E-state index >= 15 is 0 Å². The van der Waals surface area contributed by atoms with Gasteiger partial charge < -0.3 is 14.2 Å². The van der Waals surface area contributed by atoms with E-state index in [0.29, 0.717) is 0 Å². The third-order valence-electron chi connectivity index (χ3n) is 2.07. The lowest BCUT2D eigenvalue weighted by atomic mass is 10.2. The van der Waals surface area contributed by atoms with Gasteiger partial charge in [-0.25, -0.2) is 4.98 Å². The van der Waals surface area contributed by atoms with E-state index in [4.69, 9.17) is 9.47 Å². The predicted octanol–water partition coefficient (Wildman–Crippen LogP) is 2.70. The maximum atomic E-state index is 12.4. The summed E-state index contributed by atoms with van der Waals surface area (Å²) in [5.74, 6) is -1.33. The molecule has 0 aliphatic carbocycles. The Hall–Kier alpha value is -1.26. The fourth-order valence-electron chi connectivity index (χ4n) is 1.39. The Morgan fingerprint density at radius 3 is 2.60 bits per heavy atom. The molecule has 0 aliphatic rings. The van der Waals surface area contributed by atoms with Crippen LogP contribution in [0.5, 0.6) is 11.6 Å². The molecule has 0 N–H and O–H groups in total. The number of nitrogens with zero attached hydrogens (tertiary/aromatic N) is 1. The number of carbonyl (C=O) groups is 1. The van der Waals surface area contributed by atoms with Crippen LogP contribution in [-0.2, 0) is 16.0 Å². The zero-order valence-corrected chi connectivity index (χ0v) is 12.7. The molecule has 0 radical (unpaired) electrons. The maximum Gasteiger partial charge on any atom is 0.574 e. The maximum absolute atomic E-state index is 12.4. The number of aromatic nitrogens is 1. The SMILES string of the molecule is CCOC(=O)Cc1c(OC)cc(I)nc1OC(F)(F)F. The van der Waals surface area contributed by atoms with Crippen LogP contribution in [0.15, 0.2) is 6.07 Å². The normalized spacial score (nSPS) is 11.1. The molecule has 1 heterocycles. The molecule has 1 aromatic heterocycles. The van der Waals surface area contributed by atoms with Crippen LogP contribution in [0.2, 0.25) is 0 Å². The Bertz CT molecular complexity index is 493. The molecule has 0 aliphatic heterocycles. The molecule has 112 valence electrons. The first kappa shape index (κ1) is 16.8. The van der Waals surface area contributed by atoms with Gasteiger partial charge in [-0.3, -0.25) is 4.79 Å². The second kappa shape index (κ2) is 6.95. The minimum absolute atomic E-state index is 0.0803. The fraction of sp³-hybridized carbons (Fsp3) is 0.455. The topological polar surface area (TPSA) is 57.7 Å². The van der Waals surface area contributed by atoms with Crippen molar-refractivity contribution in [1.29, 1.82) is 0 Å². The molecule has 9 heteroatoms. The molecule has 1 rings (SSSR count). The molecule has 20 heavy (non-hydrogen) atoms. The minimum Gasteiger partial charge on any atom is -0.496 e. The highest BCUT2D eigenvalue weighted by atomic mass is 127. The molecular weight excluding hydrogens is 394 g/mol. The summed E-state index contributed by atoms with van der Waals surface area (Å²) in [6, 6.07) is 1.40. The van der Waals surface area contributed by atoms with Gasteiger partial charge >= 0.3 is 12.3 Å². The average Bonchev–Trinajstić information content (AvgIpc) is 2.30. The van der Waals surface area contributed by atoms with Crippen molar-refractivity contribution >= 4 is 28.6 Å². The van der Waals surface area contributed by atoms with E-state index in [2.05, 4.69) is 9.72 Å². The molecular formula is C11H11F3INO4. The number of methoxy groups -OCH3 is 1. The summed E-state index contributed by atoms with van der Waals surface area (Å²) in [5.41, 5.74) is -0.108. The van der Waals surface area contributed by atoms with E-state index in [0.717, 1.165) is 0 Å². The Morgan fingerprint density at radius 1 is 1.45 bits per heavy atom. The summed E-state index contributed by atoms with van der Waals surface area (Å²) in [5, 5.41) is 0. The van der Waals surface area contributed by atoms with Crippen molar-refractivity contribution in [2.75, 3.05) is 13.7 Å². The molecule has 0 amide bonds. The zero-order chi connectivity index (χ0) is 15.3. The van der Waals surface area contributed by atoms with Crippen molar-refractivity contribution in [2.24, 2.45) is 0 Å². The van der Waals surface area contributed by atoms with Gasteiger partial charge in [0.2, 0.25) is 5.88 Å². The monoisotopic (exact) mass is 405 g/mol. The zero-order valence-electron chi connectivity index (χ0n) is 10.6. The number of esters is 1. The van der Waals surface area contributed by atoms with Gasteiger partial charge in [0.1, 0.15) is 9.45 Å². The van der Waals surface area contributed by atoms with Crippen LogP contribution in [0.4, 0.5) is 13.2 Å². The number of hydrogen-bond acceptors (Lipinski definition) is 5. The summed E-state index contributed by atoms with van der Waals surface area (Å²) < 4.78 is 50.8. The lowest BCUT2D eigenvalue weighted by molar-refractivity contribution is -0.276. The average molecular weight is 405 g/mol. The van der Waals surface area contributed by atoms with Gasteiger partial charge in [-0.15, -0.1) is 13.2 Å². The summed E-state index contributed by atoms with van der Waals surface area (Å²) in [6.45, 7) is 1.71. The van der Waals surface area contributed by atoms with E-state index in [1.165, 1.54) is 13.2 Å². The van der Waals surface area contributed by atoms with Gasteiger partial charge in [-0.1, -0.05) is 0 Å². The van der Waals surface area contributed by atoms with Crippen LogP contribution in [0.3, 0.4) is 0 Å². The summed E-state index contributed by atoms with van der Waals surface area (Å²) >= 11 is 1.72.